The molecule has 1 atom stereocenters. The molecular formula is C11H21F3N2. The standard InChI is InChI=1S/C11H21F3N2/c12-11(13,14)6-1-2-8-16-10-4-3-7-15-9-5-10/h10,15-16H,1-9H2. The Balaban J connectivity index is 1.97. The zero-order chi connectivity index (χ0) is 11.9. The lowest BCUT2D eigenvalue weighted by Crippen LogP contribution is -2.30. The fourth-order valence-corrected chi connectivity index (χ4v) is 1.98. The summed E-state index contributed by atoms with van der Waals surface area (Å²) in [6.07, 6.45) is -0.427. The summed E-state index contributed by atoms with van der Waals surface area (Å²) in [6, 6.07) is 0.487. The maximum Gasteiger partial charge on any atom is 0.389 e. The van der Waals surface area contributed by atoms with Gasteiger partial charge in [-0.2, -0.15) is 13.2 Å². The number of alkyl halides is 3. The van der Waals surface area contributed by atoms with Crippen LogP contribution in [0.4, 0.5) is 13.2 Å². The molecule has 0 aromatic heterocycles. The van der Waals surface area contributed by atoms with Crippen LogP contribution in [0.3, 0.4) is 0 Å². The third-order valence-electron chi connectivity index (χ3n) is 2.90. The molecule has 1 saturated heterocycles. The lowest BCUT2D eigenvalue weighted by atomic mass is 10.1. The molecule has 2 N–H and O–H groups in total. The molecule has 0 radical (unpaired) electrons. The Hall–Kier alpha value is -0.290. The minimum absolute atomic E-state index is 0.238. The van der Waals surface area contributed by atoms with Crippen LogP contribution in [0, 0.1) is 0 Å². The molecule has 0 aliphatic carbocycles. The van der Waals surface area contributed by atoms with Crippen LogP contribution in [0.5, 0.6) is 0 Å². The summed E-state index contributed by atoms with van der Waals surface area (Å²) in [6.45, 7) is 2.78. The molecule has 0 aromatic carbocycles. The highest BCUT2D eigenvalue weighted by atomic mass is 19.4. The van der Waals surface area contributed by atoms with E-state index in [9.17, 15) is 13.2 Å². The van der Waals surface area contributed by atoms with Gasteiger partial charge in [0, 0.05) is 12.5 Å². The first kappa shape index (κ1) is 13.8. The molecule has 16 heavy (non-hydrogen) atoms. The van der Waals surface area contributed by atoms with Crippen LogP contribution in [-0.2, 0) is 0 Å². The summed E-state index contributed by atoms with van der Waals surface area (Å²) < 4.78 is 35.6. The predicted octanol–water partition coefficient (Wildman–Crippen LogP) is 2.45. The van der Waals surface area contributed by atoms with Crippen LogP contribution in [0.15, 0.2) is 0 Å². The highest BCUT2D eigenvalue weighted by Gasteiger charge is 2.25. The van der Waals surface area contributed by atoms with Gasteiger partial charge in [0.15, 0.2) is 0 Å². The molecule has 1 aliphatic heterocycles. The molecule has 0 spiro atoms. The Morgan fingerprint density at radius 3 is 2.69 bits per heavy atom. The van der Waals surface area contributed by atoms with Crippen LogP contribution in [0.25, 0.3) is 0 Å². The van der Waals surface area contributed by atoms with E-state index in [2.05, 4.69) is 10.6 Å². The van der Waals surface area contributed by atoms with E-state index in [1.807, 2.05) is 0 Å². The van der Waals surface area contributed by atoms with Crippen molar-refractivity contribution in [2.24, 2.45) is 0 Å². The summed E-state index contributed by atoms with van der Waals surface area (Å²) in [5.74, 6) is 0. The molecule has 1 rings (SSSR count). The molecule has 1 heterocycles. The summed E-state index contributed by atoms with van der Waals surface area (Å²) >= 11 is 0. The molecule has 0 saturated carbocycles. The summed E-state index contributed by atoms with van der Waals surface area (Å²) in [7, 11) is 0. The van der Waals surface area contributed by atoms with Crippen LogP contribution >= 0.6 is 0 Å². The zero-order valence-corrected chi connectivity index (χ0v) is 9.58. The molecule has 2 nitrogen and oxygen atoms in total. The van der Waals surface area contributed by atoms with Gasteiger partial charge < -0.3 is 10.6 Å². The predicted molar refractivity (Wildman–Crippen MR) is 58.4 cm³/mol. The Morgan fingerprint density at radius 2 is 1.94 bits per heavy atom. The number of nitrogens with one attached hydrogen (secondary N) is 2. The molecule has 96 valence electrons. The average molecular weight is 238 g/mol. The van der Waals surface area contributed by atoms with Crippen molar-refractivity contribution in [3.8, 4) is 0 Å². The number of rotatable bonds is 5. The van der Waals surface area contributed by atoms with Crippen molar-refractivity contribution in [1.29, 1.82) is 0 Å². The Morgan fingerprint density at radius 1 is 1.12 bits per heavy atom. The van der Waals surface area contributed by atoms with E-state index in [0.717, 1.165) is 32.4 Å². The van der Waals surface area contributed by atoms with Gasteiger partial charge in [-0.05, 0) is 51.7 Å². The minimum atomic E-state index is -3.99. The first-order chi connectivity index (χ1) is 7.58. The highest BCUT2D eigenvalue weighted by molar-refractivity contribution is 4.72. The lowest BCUT2D eigenvalue weighted by molar-refractivity contribution is -0.135. The van der Waals surface area contributed by atoms with Crippen LogP contribution in [-0.4, -0.2) is 31.9 Å². The van der Waals surface area contributed by atoms with Gasteiger partial charge in [0.2, 0.25) is 0 Å². The highest BCUT2D eigenvalue weighted by Crippen LogP contribution is 2.21. The molecule has 1 aliphatic rings. The van der Waals surface area contributed by atoms with Gasteiger partial charge in [-0.25, -0.2) is 0 Å². The maximum atomic E-state index is 11.9. The number of hydrogen-bond acceptors (Lipinski definition) is 2. The normalized spacial score (nSPS) is 23.1. The van der Waals surface area contributed by atoms with E-state index in [-0.39, 0.29) is 6.42 Å². The smallest absolute Gasteiger partial charge is 0.317 e. The first-order valence-electron chi connectivity index (χ1n) is 6.09. The van der Waals surface area contributed by atoms with Gasteiger partial charge in [-0.15, -0.1) is 0 Å². The van der Waals surface area contributed by atoms with E-state index < -0.39 is 12.6 Å². The van der Waals surface area contributed by atoms with Crippen molar-refractivity contribution in [2.45, 2.75) is 50.7 Å². The molecule has 1 fully saturated rings. The third kappa shape index (κ3) is 7.06. The Bertz CT molecular complexity index is 175. The molecule has 0 aromatic rings. The van der Waals surface area contributed by atoms with E-state index in [4.69, 9.17) is 0 Å². The Kier molecular flexibility index (Phi) is 6.13. The van der Waals surface area contributed by atoms with Gasteiger partial charge in [-0.1, -0.05) is 0 Å². The fraction of sp³-hybridized carbons (Fsp3) is 1.00. The third-order valence-corrected chi connectivity index (χ3v) is 2.90. The molecule has 0 bridgehead atoms. The van der Waals surface area contributed by atoms with Crippen molar-refractivity contribution in [3.63, 3.8) is 0 Å². The Labute approximate surface area is 95.0 Å². The van der Waals surface area contributed by atoms with E-state index >= 15 is 0 Å². The van der Waals surface area contributed by atoms with E-state index in [1.165, 1.54) is 0 Å². The van der Waals surface area contributed by atoms with Gasteiger partial charge in [-0.3, -0.25) is 0 Å². The monoisotopic (exact) mass is 238 g/mol. The van der Waals surface area contributed by atoms with E-state index in [1.54, 1.807) is 0 Å². The lowest BCUT2D eigenvalue weighted by Gasteiger charge is -2.15. The quantitative estimate of drug-likeness (QED) is 0.719. The van der Waals surface area contributed by atoms with Gasteiger partial charge >= 0.3 is 6.18 Å². The largest absolute Gasteiger partial charge is 0.389 e. The number of hydrogen-bond donors (Lipinski definition) is 2. The van der Waals surface area contributed by atoms with Crippen LogP contribution < -0.4 is 10.6 Å². The minimum Gasteiger partial charge on any atom is -0.317 e. The van der Waals surface area contributed by atoms with Crippen LogP contribution in [0.1, 0.15) is 38.5 Å². The van der Waals surface area contributed by atoms with E-state index in [0.29, 0.717) is 19.0 Å². The van der Waals surface area contributed by atoms with Crippen molar-refractivity contribution in [1.82, 2.24) is 10.6 Å². The number of unbranched alkanes of at least 4 members (excludes halogenated alkanes) is 1. The van der Waals surface area contributed by atoms with Crippen molar-refractivity contribution >= 4 is 0 Å². The SMILES string of the molecule is FC(F)(F)CCCCNC1CCCNCC1. The topological polar surface area (TPSA) is 24.1 Å². The summed E-state index contributed by atoms with van der Waals surface area (Å²) in [5, 5.41) is 6.65. The van der Waals surface area contributed by atoms with Crippen LogP contribution in [0.2, 0.25) is 0 Å². The fourth-order valence-electron chi connectivity index (χ4n) is 1.98. The zero-order valence-electron chi connectivity index (χ0n) is 9.58. The summed E-state index contributed by atoms with van der Waals surface area (Å²) in [5.41, 5.74) is 0. The average Bonchev–Trinajstić information content (AvgIpc) is 2.44. The maximum absolute atomic E-state index is 11.9. The number of halogens is 3. The summed E-state index contributed by atoms with van der Waals surface area (Å²) in [4.78, 5) is 0. The van der Waals surface area contributed by atoms with Crippen molar-refractivity contribution < 1.29 is 13.2 Å². The second kappa shape index (κ2) is 7.12. The molecule has 0 amide bonds. The molecular weight excluding hydrogens is 217 g/mol. The van der Waals surface area contributed by atoms with Gasteiger partial charge in [0.05, 0.1) is 0 Å². The first-order valence-corrected chi connectivity index (χ1v) is 6.09. The van der Waals surface area contributed by atoms with Crippen molar-refractivity contribution in [2.75, 3.05) is 19.6 Å². The molecule has 1 unspecified atom stereocenters. The second-order valence-corrected chi connectivity index (χ2v) is 4.40. The second-order valence-electron chi connectivity index (χ2n) is 4.40. The molecule has 5 heteroatoms. The van der Waals surface area contributed by atoms with Crippen molar-refractivity contribution in [3.05, 3.63) is 0 Å². The van der Waals surface area contributed by atoms with Gasteiger partial charge in [0.25, 0.3) is 0 Å². The van der Waals surface area contributed by atoms with Gasteiger partial charge in [0.1, 0.15) is 0 Å².